The van der Waals surface area contributed by atoms with Crippen LogP contribution in [0.4, 0.5) is 5.69 Å². The lowest BCUT2D eigenvalue weighted by Crippen LogP contribution is -2.27. The summed E-state index contributed by atoms with van der Waals surface area (Å²) >= 11 is 0. The van der Waals surface area contributed by atoms with Gasteiger partial charge in [0.2, 0.25) is 0 Å². The van der Waals surface area contributed by atoms with Crippen LogP contribution in [0.25, 0.3) is 32.8 Å². The van der Waals surface area contributed by atoms with Gasteiger partial charge in [0.15, 0.2) is 0 Å². The first kappa shape index (κ1) is 27.8. The fourth-order valence-corrected chi connectivity index (χ4v) is 6.93. The van der Waals surface area contributed by atoms with Crippen molar-refractivity contribution in [2.45, 2.75) is 39.3 Å². The summed E-state index contributed by atoms with van der Waals surface area (Å²) in [5, 5.41) is 18.7. The molecule has 0 radical (unpaired) electrons. The van der Waals surface area contributed by atoms with Crippen molar-refractivity contribution in [3.8, 4) is 16.9 Å². The fraction of sp³-hybridized carbons (Fsp3) is 0.243. The van der Waals surface area contributed by atoms with Gasteiger partial charge in [-0.2, -0.15) is 5.10 Å². The van der Waals surface area contributed by atoms with Crippen LogP contribution in [0.1, 0.15) is 40.3 Å². The molecule has 0 amide bonds. The van der Waals surface area contributed by atoms with Crippen molar-refractivity contribution in [1.82, 2.24) is 14.3 Å². The van der Waals surface area contributed by atoms with Gasteiger partial charge in [0.25, 0.3) is 0 Å². The van der Waals surface area contributed by atoms with Crippen molar-refractivity contribution in [3.05, 3.63) is 114 Å². The number of ether oxygens (including phenoxy) is 1. The molecule has 1 aliphatic heterocycles. The van der Waals surface area contributed by atoms with E-state index in [0.29, 0.717) is 31.7 Å². The molecule has 44 heavy (non-hydrogen) atoms. The third-order valence-electron chi connectivity index (χ3n) is 8.85. The smallest absolute Gasteiger partial charge is 0.352 e. The van der Waals surface area contributed by atoms with E-state index in [1.54, 1.807) is 0 Å². The Labute approximate surface area is 256 Å². The van der Waals surface area contributed by atoms with Gasteiger partial charge < -0.3 is 19.3 Å². The molecule has 0 aliphatic carbocycles. The van der Waals surface area contributed by atoms with Gasteiger partial charge in [0.1, 0.15) is 11.4 Å². The largest absolute Gasteiger partial charge is 0.493 e. The lowest BCUT2D eigenvalue weighted by atomic mass is 9.97. The topological polar surface area (TPSA) is 72.5 Å². The Bertz CT molecular complexity index is 1980. The van der Waals surface area contributed by atoms with E-state index in [0.717, 1.165) is 80.7 Å². The van der Waals surface area contributed by atoms with E-state index >= 15 is 0 Å². The second-order valence-corrected chi connectivity index (χ2v) is 11.6. The highest BCUT2D eigenvalue weighted by atomic mass is 16.5. The number of carboxylic acid groups (broad SMARTS) is 1. The Hall–Kier alpha value is -5.04. The summed E-state index contributed by atoms with van der Waals surface area (Å²) in [5.74, 6) is -0.0376. The van der Waals surface area contributed by atoms with Gasteiger partial charge in [-0.3, -0.25) is 4.68 Å². The number of nitrogens with zero attached hydrogens (tertiary/aromatic N) is 4. The van der Waals surface area contributed by atoms with E-state index in [9.17, 15) is 9.90 Å². The van der Waals surface area contributed by atoms with Crippen molar-refractivity contribution in [2.75, 3.05) is 18.1 Å². The van der Waals surface area contributed by atoms with Crippen LogP contribution in [0.5, 0.6) is 5.75 Å². The number of para-hydroxylation sites is 2. The van der Waals surface area contributed by atoms with Gasteiger partial charge in [-0.1, -0.05) is 72.8 Å². The third kappa shape index (κ3) is 4.88. The van der Waals surface area contributed by atoms with Gasteiger partial charge in [-0.15, -0.1) is 0 Å². The van der Waals surface area contributed by atoms with Crippen LogP contribution < -0.4 is 9.64 Å². The Morgan fingerprint density at radius 1 is 0.909 bits per heavy atom. The molecular formula is C37H36N4O3. The molecule has 1 N–H and O–H groups in total. The zero-order valence-corrected chi connectivity index (χ0v) is 25.2. The highest BCUT2D eigenvalue weighted by Gasteiger charge is 2.28. The number of hydrogen-bond donors (Lipinski definition) is 1. The minimum Gasteiger partial charge on any atom is -0.493 e. The molecule has 3 heterocycles. The van der Waals surface area contributed by atoms with Gasteiger partial charge in [-0.25, -0.2) is 4.79 Å². The second kappa shape index (κ2) is 11.6. The summed E-state index contributed by atoms with van der Waals surface area (Å²) in [7, 11) is 2.00. The molecule has 0 atom stereocenters. The zero-order valence-electron chi connectivity index (χ0n) is 25.2. The first-order valence-electron chi connectivity index (χ1n) is 15.3. The van der Waals surface area contributed by atoms with Crippen molar-refractivity contribution in [3.63, 3.8) is 0 Å². The molecule has 0 saturated carbocycles. The normalized spacial score (nSPS) is 13.3. The Morgan fingerprint density at radius 3 is 2.50 bits per heavy atom. The number of aromatic nitrogens is 3. The standard InChI is InChI=1S/C37H36N4O3/c1-25-34-31-18-9-17-29-30(19-10-23-44-33-20-8-13-26-12-6-7-16-28(26)33)36(37(42)43)41(35(29)31)22-11-21-40(24-32(34)39(2)38-25)27-14-4-3-5-15-27/h3-9,12-18,20H,10-11,19,21-24H2,1-2H3,(H,42,43). The Morgan fingerprint density at radius 2 is 1.66 bits per heavy atom. The van der Waals surface area contributed by atoms with Crippen LogP contribution in [0.3, 0.4) is 0 Å². The van der Waals surface area contributed by atoms with Crippen molar-refractivity contribution >= 4 is 33.3 Å². The molecule has 0 saturated heterocycles. The van der Waals surface area contributed by atoms with E-state index in [2.05, 4.69) is 70.1 Å². The van der Waals surface area contributed by atoms with E-state index < -0.39 is 5.97 Å². The maximum absolute atomic E-state index is 13.0. The molecule has 0 fully saturated rings. The first-order chi connectivity index (χ1) is 21.5. The van der Waals surface area contributed by atoms with E-state index in [-0.39, 0.29) is 0 Å². The number of rotatable bonds is 7. The summed E-state index contributed by atoms with van der Waals surface area (Å²) in [4.78, 5) is 15.4. The van der Waals surface area contributed by atoms with Gasteiger partial charge in [0.05, 0.1) is 30.1 Å². The minimum atomic E-state index is -0.891. The van der Waals surface area contributed by atoms with Crippen molar-refractivity contribution in [1.29, 1.82) is 0 Å². The summed E-state index contributed by atoms with van der Waals surface area (Å²) in [6.45, 7) is 4.67. The fourth-order valence-electron chi connectivity index (χ4n) is 6.93. The van der Waals surface area contributed by atoms with Gasteiger partial charge >= 0.3 is 5.97 Å². The van der Waals surface area contributed by atoms with Crippen LogP contribution in [0.15, 0.2) is 91.0 Å². The van der Waals surface area contributed by atoms with Crippen LogP contribution in [-0.4, -0.2) is 38.6 Å². The molecule has 4 aromatic carbocycles. The number of aromatic carboxylic acids is 1. The number of fused-ring (bicyclic) bond motifs is 3. The summed E-state index contributed by atoms with van der Waals surface area (Å²) < 4.78 is 10.3. The minimum absolute atomic E-state index is 0.382. The Kier molecular flexibility index (Phi) is 7.30. The molecule has 6 aromatic rings. The van der Waals surface area contributed by atoms with Crippen LogP contribution in [-0.2, 0) is 26.6 Å². The molecule has 7 nitrogen and oxygen atoms in total. The van der Waals surface area contributed by atoms with E-state index in [1.165, 1.54) is 0 Å². The summed E-state index contributed by atoms with van der Waals surface area (Å²) in [5.41, 5.74) is 7.58. The number of carbonyl (C=O) groups is 1. The number of anilines is 1. The van der Waals surface area contributed by atoms with Crippen LogP contribution >= 0.6 is 0 Å². The van der Waals surface area contributed by atoms with Gasteiger partial charge in [0, 0.05) is 47.7 Å². The summed E-state index contributed by atoms with van der Waals surface area (Å²) in [6, 6.07) is 31.0. The molecule has 0 bridgehead atoms. The summed E-state index contributed by atoms with van der Waals surface area (Å²) in [6.07, 6.45) is 2.11. The maximum atomic E-state index is 13.0. The van der Waals surface area contributed by atoms with Crippen molar-refractivity contribution < 1.29 is 14.6 Å². The molecule has 2 aromatic heterocycles. The van der Waals surface area contributed by atoms with E-state index in [1.807, 2.05) is 49.0 Å². The maximum Gasteiger partial charge on any atom is 0.352 e. The predicted octanol–water partition coefficient (Wildman–Crippen LogP) is 7.62. The lowest BCUT2D eigenvalue weighted by molar-refractivity contribution is 0.0684. The highest BCUT2D eigenvalue weighted by molar-refractivity contribution is 6.04. The Balaban J connectivity index is 1.28. The molecule has 0 unspecified atom stereocenters. The predicted molar refractivity (Wildman–Crippen MR) is 176 cm³/mol. The van der Waals surface area contributed by atoms with Gasteiger partial charge in [-0.05, 0) is 55.3 Å². The average Bonchev–Trinajstić information content (AvgIpc) is 3.51. The number of carboxylic acids is 1. The lowest BCUT2D eigenvalue weighted by Gasteiger charge is -2.27. The first-order valence-corrected chi connectivity index (χ1v) is 15.3. The second-order valence-electron chi connectivity index (χ2n) is 11.6. The zero-order chi connectivity index (χ0) is 30.2. The molecule has 7 heteroatoms. The monoisotopic (exact) mass is 584 g/mol. The number of aryl methyl sites for hydroxylation is 4. The number of hydrogen-bond acceptors (Lipinski definition) is 4. The number of benzene rings is 4. The SMILES string of the molecule is Cc1nn(C)c2c1-c1cccc3c(CCCOc4cccc5ccccc45)c(C(=O)O)n(c13)CCCN(c1ccccc1)C2. The van der Waals surface area contributed by atoms with Crippen LogP contribution in [0.2, 0.25) is 0 Å². The van der Waals surface area contributed by atoms with E-state index in [4.69, 9.17) is 9.84 Å². The average molecular weight is 585 g/mol. The molecule has 0 spiro atoms. The van der Waals surface area contributed by atoms with Crippen LogP contribution in [0, 0.1) is 6.92 Å². The molecule has 1 aliphatic rings. The molecule has 222 valence electrons. The highest BCUT2D eigenvalue weighted by Crippen LogP contribution is 2.39. The molecular weight excluding hydrogens is 548 g/mol. The quantitative estimate of drug-likeness (QED) is 0.195. The van der Waals surface area contributed by atoms with Crippen molar-refractivity contribution in [2.24, 2.45) is 7.05 Å². The third-order valence-corrected chi connectivity index (χ3v) is 8.85. The molecule has 7 rings (SSSR count).